The van der Waals surface area contributed by atoms with E-state index in [1.54, 1.807) is 25.3 Å². The molecule has 0 radical (unpaired) electrons. The molecule has 1 aliphatic rings. The molecule has 1 aliphatic heterocycles. The van der Waals surface area contributed by atoms with Crippen molar-refractivity contribution in [2.75, 3.05) is 25.7 Å². The van der Waals surface area contributed by atoms with Crippen LogP contribution in [0.25, 0.3) is 0 Å². The largest absolute Gasteiger partial charge is 0.497 e. The maximum atomic E-state index is 12.7. The Morgan fingerprint density at radius 1 is 1.29 bits per heavy atom. The van der Waals surface area contributed by atoms with Crippen molar-refractivity contribution in [1.29, 1.82) is 0 Å². The molecule has 0 saturated carbocycles. The van der Waals surface area contributed by atoms with Crippen LogP contribution in [0.3, 0.4) is 0 Å². The minimum atomic E-state index is -0.467. The van der Waals surface area contributed by atoms with E-state index in [0.717, 1.165) is 25.9 Å². The lowest BCUT2D eigenvalue weighted by molar-refractivity contribution is -0.138. The summed E-state index contributed by atoms with van der Waals surface area (Å²) in [6, 6.07) is 5.07. The summed E-state index contributed by atoms with van der Waals surface area (Å²) in [5.74, 6) is 0.160. The predicted molar refractivity (Wildman–Crippen MR) is 78.3 cm³/mol. The fourth-order valence-electron chi connectivity index (χ4n) is 2.37. The van der Waals surface area contributed by atoms with Gasteiger partial charge in [-0.05, 0) is 44.1 Å². The fraction of sp³-hybridized carbons (Fsp3) is 0.467. The van der Waals surface area contributed by atoms with Crippen LogP contribution in [0.2, 0.25) is 0 Å². The highest BCUT2D eigenvalue weighted by Crippen LogP contribution is 2.27. The van der Waals surface area contributed by atoms with Gasteiger partial charge in [0.15, 0.2) is 5.78 Å². The quantitative estimate of drug-likeness (QED) is 0.636. The summed E-state index contributed by atoms with van der Waals surface area (Å²) in [7, 11) is 1.55. The number of carbonyl (C=O) groups excluding carboxylic acids is 2. The van der Waals surface area contributed by atoms with Crippen molar-refractivity contribution in [3.05, 3.63) is 23.8 Å². The predicted octanol–water partition coefficient (Wildman–Crippen LogP) is 1.77. The standard InChI is InChI=1S/C15H20N2O4/c1-10(18)21-17-14-4-3-12(20-2)9-13(14)15(19)11-5-7-16-8-6-11/h3-4,9,11,16-17H,5-8H2,1-2H3. The van der Waals surface area contributed by atoms with E-state index in [1.807, 2.05) is 0 Å². The zero-order valence-electron chi connectivity index (χ0n) is 12.3. The second kappa shape index (κ2) is 7.08. The lowest BCUT2D eigenvalue weighted by atomic mass is 9.89. The van der Waals surface area contributed by atoms with Crippen molar-refractivity contribution in [3.63, 3.8) is 0 Å². The highest BCUT2D eigenvalue weighted by atomic mass is 16.7. The molecule has 1 saturated heterocycles. The Morgan fingerprint density at radius 2 is 2.00 bits per heavy atom. The van der Waals surface area contributed by atoms with Crippen LogP contribution in [0.5, 0.6) is 5.75 Å². The van der Waals surface area contributed by atoms with Gasteiger partial charge in [-0.2, -0.15) is 0 Å². The second-order valence-corrected chi connectivity index (χ2v) is 5.00. The first-order chi connectivity index (χ1) is 10.1. The Morgan fingerprint density at radius 3 is 2.62 bits per heavy atom. The molecule has 0 atom stereocenters. The molecule has 0 spiro atoms. The number of hydrogen-bond donors (Lipinski definition) is 2. The van der Waals surface area contributed by atoms with Crippen LogP contribution in [-0.4, -0.2) is 32.0 Å². The van der Waals surface area contributed by atoms with Gasteiger partial charge in [-0.25, -0.2) is 5.48 Å². The van der Waals surface area contributed by atoms with Crippen LogP contribution in [-0.2, 0) is 9.63 Å². The maximum Gasteiger partial charge on any atom is 0.329 e. The molecular weight excluding hydrogens is 272 g/mol. The minimum Gasteiger partial charge on any atom is -0.497 e. The zero-order chi connectivity index (χ0) is 15.2. The number of anilines is 1. The van der Waals surface area contributed by atoms with E-state index < -0.39 is 5.97 Å². The molecule has 6 nitrogen and oxygen atoms in total. The summed E-state index contributed by atoms with van der Waals surface area (Å²) < 4.78 is 5.17. The summed E-state index contributed by atoms with van der Waals surface area (Å²) in [5, 5.41) is 3.24. The SMILES string of the molecule is COc1ccc(NOC(C)=O)c(C(=O)C2CCNCC2)c1. The first-order valence-corrected chi connectivity index (χ1v) is 6.98. The van der Waals surface area contributed by atoms with Gasteiger partial charge < -0.3 is 14.9 Å². The lowest BCUT2D eigenvalue weighted by Gasteiger charge is -2.22. The summed E-state index contributed by atoms with van der Waals surface area (Å²) in [6.07, 6.45) is 1.62. The number of ketones is 1. The molecule has 0 aliphatic carbocycles. The fourth-order valence-corrected chi connectivity index (χ4v) is 2.37. The highest BCUT2D eigenvalue weighted by molar-refractivity contribution is 6.03. The number of nitrogens with one attached hydrogen (secondary N) is 2. The molecule has 0 bridgehead atoms. The number of carbonyl (C=O) groups is 2. The Hall–Kier alpha value is -2.08. The molecule has 1 aromatic rings. The number of ether oxygens (including phenoxy) is 1. The molecule has 1 aromatic carbocycles. The molecule has 0 unspecified atom stereocenters. The Labute approximate surface area is 123 Å². The molecule has 2 rings (SSSR count). The third kappa shape index (κ3) is 3.95. The minimum absolute atomic E-state index is 0.0174. The highest BCUT2D eigenvalue weighted by Gasteiger charge is 2.25. The number of Topliss-reactive ketones (excluding diaryl/α,β-unsaturated/α-hetero) is 1. The van der Waals surface area contributed by atoms with Gasteiger partial charge in [0.05, 0.1) is 12.8 Å². The van der Waals surface area contributed by atoms with Gasteiger partial charge in [-0.1, -0.05) is 0 Å². The molecule has 6 heteroatoms. The van der Waals surface area contributed by atoms with Crippen LogP contribution in [0.15, 0.2) is 18.2 Å². The van der Waals surface area contributed by atoms with Crippen molar-refractivity contribution < 1.29 is 19.2 Å². The van der Waals surface area contributed by atoms with Crippen LogP contribution in [0.4, 0.5) is 5.69 Å². The third-order valence-electron chi connectivity index (χ3n) is 3.51. The number of piperidine rings is 1. The number of hydrogen-bond acceptors (Lipinski definition) is 6. The number of methoxy groups -OCH3 is 1. The van der Waals surface area contributed by atoms with Gasteiger partial charge in [0, 0.05) is 18.4 Å². The average Bonchev–Trinajstić information content (AvgIpc) is 2.52. The van der Waals surface area contributed by atoms with Crippen molar-refractivity contribution in [1.82, 2.24) is 5.32 Å². The van der Waals surface area contributed by atoms with E-state index in [9.17, 15) is 9.59 Å². The summed E-state index contributed by atoms with van der Waals surface area (Å²) >= 11 is 0. The topological polar surface area (TPSA) is 76.7 Å². The number of benzene rings is 1. The average molecular weight is 292 g/mol. The van der Waals surface area contributed by atoms with Crippen molar-refractivity contribution >= 4 is 17.4 Å². The van der Waals surface area contributed by atoms with Crippen LogP contribution in [0, 0.1) is 5.92 Å². The van der Waals surface area contributed by atoms with Gasteiger partial charge >= 0.3 is 5.97 Å². The van der Waals surface area contributed by atoms with E-state index in [0.29, 0.717) is 17.0 Å². The van der Waals surface area contributed by atoms with Crippen LogP contribution >= 0.6 is 0 Å². The summed E-state index contributed by atoms with van der Waals surface area (Å²) in [6.45, 7) is 2.98. The van der Waals surface area contributed by atoms with Gasteiger partial charge in [-0.15, -0.1) is 0 Å². The first-order valence-electron chi connectivity index (χ1n) is 6.98. The van der Waals surface area contributed by atoms with E-state index in [-0.39, 0.29) is 11.7 Å². The van der Waals surface area contributed by atoms with Gasteiger partial charge in [-0.3, -0.25) is 9.59 Å². The first kappa shape index (κ1) is 15.3. The monoisotopic (exact) mass is 292 g/mol. The summed E-state index contributed by atoms with van der Waals surface area (Å²) in [4.78, 5) is 28.4. The Balaban J connectivity index is 2.24. The molecule has 2 N–H and O–H groups in total. The van der Waals surface area contributed by atoms with Crippen molar-refractivity contribution in [2.45, 2.75) is 19.8 Å². The van der Waals surface area contributed by atoms with Crippen LogP contribution in [0.1, 0.15) is 30.1 Å². The molecule has 1 fully saturated rings. The van der Waals surface area contributed by atoms with Gasteiger partial charge in [0.1, 0.15) is 5.75 Å². The van der Waals surface area contributed by atoms with E-state index in [1.165, 1.54) is 6.92 Å². The molecular formula is C15H20N2O4. The maximum absolute atomic E-state index is 12.7. The smallest absolute Gasteiger partial charge is 0.329 e. The third-order valence-corrected chi connectivity index (χ3v) is 3.51. The molecule has 0 aromatic heterocycles. The van der Waals surface area contributed by atoms with E-state index >= 15 is 0 Å². The Kier molecular flexibility index (Phi) is 5.16. The normalized spacial score (nSPS) is 15.3. The lowest BCUT2D eigenvalue weighted by Crippen LogP contribution is -2.32. The van der Waals surface area contributed by atoms with Crippen molar-refractivity contribution in [2.24, 2.45) is 5.92 Å². The zero-order valence-corrected chi connectivity index (χ0v) is 12.3. The number of rotatable bonds is 5. The van der Waals surface area contributed by atoms with E-state index in [4.69, 9.17) is 9.57 Å². The van der Waals surface area contributed by atoms with Crippen LogP contribution < -0.4 is 15.5 Å². The second-order valence-electron chi connectivity index (χ2n) is 5.00. The van der Waals surface area contributed by atoms with Gasteiger partial charge in [0.2, 0.25) is 0 Å². The van der Waals surface area contributed by atoms with E-state index in [2.05, 4.69) is 10.8 Å². The molecule has 114 valence electrons. The molecule has 1 heterocycles. The van der Waals surface area contributed by atoms with Gasteiger partial charge in [0.25, 0.3) is 0 Å². The van der Waals surface area contributed by atoms with Crippen molar-refractivity contribution in [3.8, 4) is 5.75 Å². The molecule has 0 amide bonds. The molecule has 21 heavy (non-hydrogen) atoms. The Bertz CT molecular complexity index is 524. The summed E-state index contributed by atoms with van der Waals surface area (Å²) in [5.41, 5.74) is 3.51.